The summed E-state index contributed by atoms with van der Waals surface area (Å²) < 4.78 is 6.74. The lowest BCUT2D eigenvalue weighted by molar-refractivity contribution is 0.0844. The first kappa shape index (κ1) is 21.8. The second kappa shape index (κ2) is 9.78. The molecule has 0 saturated heterocycles. The fourth-order valence-corrected chi connectivity index (χ4v) is 4.66. The van der Waals surface area contributed by atoms with Gasteiger partial charge >= 0.3 is 0 Å². The Labute approximate surface area is 189 Å². The minimum absolute atomic E-state index is 0.0175. The number of carbonyl (C=O) groups is 2. The Bertz CT molecular complexity index is 1170. The number of aryl methyl sites for hydroxylation is 1. The molecule has 1 atom stereocenters. The van der Waals surface area contributed by atoms with Crippen LogP contribution in [0.15, 0.2) is 53.3 Å². The largest absolute Gasteiger partial charge is 0.492 e. The van der Waals surface area contributed by atoms with Gasteiger partial charge in [-0.2, -0.15) is 5.10 Å². The Balaban J connectivity index is 1.33. The third kappa shape index (κ3) is 5.23. The standard InChI is InChI=1S/C23H24N4O4S/c1-15-7-9-19-16(13-15)14-20(32-19)23(30)25-24-22(29)18-8-10-21(28)27(26-18)11-12-31-17-5-3-2-4-6-17/h2-6,8,10,14-15H,7,9,11-13H2,1H3,(H,24,29)(H,25,30). The number of benzene rings is 1. The lowest BCUT2D eigenvalue weighted by Crippen LogP contribution is -2.42. The maximum Gasteiger partial charge on any atom is 0.290 e. The van der Waals surface area contributed by atoms with E-state index in [2.05, 4.69) is 22.9 Å². The first-order valence-electron chi connectivity index (χ1n) is 10.5. The van der Waals surface area contributed by atoms with Crippen LogP contribution in [0.2, 0.25) is 0 Å². The van der Waals surface area contributed by atoms with E-state index in [0.717, 1.165) is 23.9 Å². The predicted octanol–water partition coefficient (Wildman–Crippen LogP) is 2.58. The minimum atomic E-state index is -0.606. The molecule has 0 radical (unpaired) electrons. The summed E-state index contributed by atoms with van der Waals surface area (Å²) >= 11 is 1.47. The lowest BCUT2D eigenvalue weighted by Gasteiger charge is -2.16. The molecule has 166 valence electrons. The van der Waals surface area contributed by atoms with Crippen LogP contribution in [0.4, 0.5) is 0 Å². The van der Waals surface area contributed by atoms with E-state index in [1.54, 1.807) is 0 Å². The normalized spacial score (nSPS) is 15.0. The van der Waals surface area contributed by atoms with Gasteiger partial charge in [0.05, 0.1) is 11.4 Å². The molecule has 3 aromatic rings. The van der Waals surface area contributed by atoms with E-state index in [1.165, 1.54) is 33.9 Å². The van der Waals surface area contributed by atoms with Crippen LogP contribution in [-0.2, 0) is 19.4 Å². The quantitative estimate of drug-likeness (QED) is 0.560. The summed E-state index contributed by atoms with van der Waals surface area (Å²) in [7, 11) is 0. The molecule has 0 spiro atoms. The third-order valence-electron chi connectivity index (χ3n) is 5.26. The van der Waals surface area contributed by atoms with Crippen LogP contribution in [0.25, 0.3) is 0 Å². The average Bonchev–Trinajstić information content (AvgIpc) is 3.22. The van der Waals surface area contributed by atoms with Crippen molar-refractivity contribution in [1.82, 2.24) is 20.6 Å². The molecular weight excluding hydrogens is 428 g/mol. The van der Waals surface area contributed by atoms with Crippen LogP contribution >= 0.6 is 11.3 Å². The highest BCUT2D eigenvalue weighted by atomic mass is 32.1. The van der Waals surface area contributed by atoms with E-state index in [9.17, 15) is 14.4 Å². The summed E-state index contributed by atoms with van der Waals surface area (Å²) in [4.78, 5) is 38.8. The van der Waals surface area contributed by atoms with Crippen molar-refractivity contribution in [2.45, 2.75) is 32.7 Å². The molecule has 1 aromatic carbocycles. The number of fused-ring (bicyclic) bond motifs is 1. The van der Waals surface area contributed by atoms with E-state index in [1.807, 2.05) is 36.4 Å². The van der Waals surface area contributed by atoms with Crippen molar-refractivity contribution < 1.29 is 14.3 Å². The van der Waals surface area contributed by atoms with Gasteiger partial charge in [-0.25, -0.2) is 4.68 Å². The number of nitrogens with one attached hydrogen (secondary N) is 2. The van der Waals surface area contributed by atoms with Crippen LogP contribution in [0.3, 0.4) is 0 Å². The Hall–Kier alpha value is -3.46. The van der Waals surface area contributed by atoms with Gasteiger partial charge < -0.3 is 4.74 Å². The minimum Gasteiger partial charge on any atom is -0.492 e. The van der Waals surface area contributed by atoms with Gasteiger partial charge in [-0.15, -0.1) is 11.3 Å². The summed E-state index contributed by atoms with van der Waals surface area (Å²) in [5.41, 5.74) is 5.70. The number of hydrogen-bond donors (Lipinski definition) is 2. The molecule has 2 amide bonds. The molecule has 4 rings (SSSR count). The molecule has 1 unspecified atom stereocenters. The van der Waals surface area contributed by atoms with E-state index >= 15 is 0 Å². The molecule has 32 heavy (non-hydrogen) atoms. The average molecular weight is 453 g/mol. The summed E-state index contributed by atoms with van der Waals surface area (Å²) in [6.07, 6.45) is 3.09. The molecule has 1 aliphatic rings. The Morgan fingerprint density at radius 2 is 1.94 bits per heavy atom. The summed E-state index contributed by atoms with van der Waals surface area (Å²) in [5.74, 6) is 0.329. The van der Waals surface area contributed by atoms with Gasteiger partial charge in [-0.1, -0.05) is 25.1 Å². The second-order valence-electron chi connectivity index (χ2n) is 7.76. The number of rotatable bonds is 6. The van der Waals surface area contributed by atoms with Crippen molar-refractivity contribution in [1.29, 1.82) is 0 Å². The maximum absolute atomic E-state index is 12.5. The molecule has 2 heterocycles. The van der Waals surface area contributed by atoms with E-state index in [-0.39, 0.29) is 30.3 Å². The van der Waals surface area contributed by atoms with Gasteiger partial charge in [0, 0.05) is 10.9 Å². The van der Waals surface area contributed by atoms with Gasteiger partial charge in [0.2, 0.25) is 0 Å². The molecule has 9 heteroatoms. The van der Waals surface area contributed by atoms with E-state index in [0.29, 0.717) is 16.5 Å². The number of hydrogen-bond acceptors (Lipinski definition) is 6. The zero-order chi connectivity index (χ0) is 22.5. The van der Waals surface area contributed by atoms with Crippen molar-refractivity contribution in [3.63, 3.8) is 0 Å². The number of para-hydroxylation sites is 1. The fraction of sp³-hybridized carbons (Fsp3) is 0.304. The van der Waals surface area contributed by atoms with Crippen molar-refractivity contribution in [3.8, 4) is 5.75 Å². The van der Waals surface area contributed by atoms with Crippen LogP contribution in [0.1, 0.15) is 43.9 Å². The Morgan fingerprint density at radius 3 is 2.75 bits per heavy atom. The van der Waals surface area contributed by atoms with Gasteiger partial charge in [0.1, 0.15) is 12.4 Å². The molecule has 2 aromatic heterocycles. The molecular formula is C23H24N4O4S. The van der Waals surface area contributed by atoms with Crippen LogP contribution < -0.4 is 21.1 Å². The highest BCUT2D eigenvalue weighted by Gasteiger charge is 2.21. The number of nitrogens with zero attached hydrogens (tertiary/aromatic N) is 2. The summed E-state index contributed by atoms with van der Waals surface area (Å²) in [6.45, 7) is 2.61. The summed E-state index contributed by atoms with van der Waals surface area (Å²) in [5, 5.41) is 4.08. The zero-order valence-corrected chi connectivity index (χ0v) is 18.5. The van der Waals surface area contributed by atoms with Gasteiger partial charge in [0.15, 0.2) is 5.69 Å². The Morgan fingerprint density at radius 1 is 1.16 bits per heavy atom. The monoisotopic (exact) mass is 452 g/mol. The third-order valence-corrected chi connectivity index (χ3v) is 6.49. The molecule has 2 N–H and O–H groups in total. The van der Waals surface area contributed by atoms with Crippen LogP contribution in [-0.4, -0.2) is 28.2 Å². The van der Waals surface area contributed by atoms with E-state index in [4.69, 9.17) is 4.74 Å². The number of amides is 2. The van der Waals surface area contributed by atoms with Gasteiger partial charge in [-0.05, 0) is 55.0 Å². The molecule has 1 aliphatic carbocycles. The number of ether oxygens (including phenoxy) is 1. The van der Waals surface area contributed by atoms with Crippen molar-refractivity contribution in [3.05, 3.63) is 79.9 Å². The zero-order valence-electron chi connectivity index (χ0n) is 17.7. The van der Waals surface area contributed by atoms with E-state index < -0.39 is 5.91 Å². The van der Waals surface area contributed by atoms with Crippen molar-refractivity contribution >= 4 is 23.2 Å². The van der Waals surface area contributed by atoms with Crippen molar-refractivity contribution in [2.75, 3.05) is 6.61 Å². The highest BCUT2D eigenvalue weighted by Crippen LogP contribution is 2.32. The summed E-state index contributed by atoms with van der Waals surface area (Å²) in [6, 6.07) is 13.7. The number of thiophene rings is 1. The molecule has 8 nitrogen and oxygen atoms in total. The SMILES string of the molecule is CC1CCc2sc(C(=O)NNC(=O)c3ccc(=O)n(CCOc4ccccc4)n3)cc2C1. The van der Waals surface area contributed by atoms with Crippen LogP contribution in [0.5, 0.6) is 5.75 Å². The molecule has 0 saturated carbocycles. The van der Waals surface area contributed by atoms with Crippen molar-refractivity contribution in [2.24, 2.45) is 5.92 Å². The second-order valence-corrected chi connectivity index (χ2v) is 8.89. The number of carbonyl (C=O) groups excluding carboxylic acids is 2. The molecule has 0 aliphatic heterocycles. The topological polar surface area (TPSA) is 102 Å². The molecule has 0 bridgehead atoms. The molecule has 0 fully saturated rings. The smallest absolute Gasteiger partial charge is 0.290 e. The maximum atomic E-state index is 12.5. The first-order chi connectivity index (χ1) is 15.5. The number of hydrazine groups is 1. The van der Waals surface area contributed by atoms with Crippen LogP contribution in [0, 0.1) is 5.92 Å². The predicted molar refractivity (Wildman–Crippen MR) is 121 cm³/mol. The Kier molecular flexibility index (Phi) is 6.65. The van der Waals surface area contributed by atoms with Gasteiger partial charge in [0.25, 0.3) is 17.4 Å². The van der Waals surface area contributed by atoms with Gasteiger partial charge in [-0.3, -0.25) is 25.2 Å². The fourth-order valence-electron chi connectivity index (χ4n) is 3.55. The lowest BCUT2D eigenvalue weighted by atomic mass is 9.90. The highest BCUT2D eigenvalue weighted by molar-refractivity contribution is 7.14. The number of aromatic nitrogens is 2. The first-order valence-corrected chi connectivity index (χ1v) is 11.3.